The summed E-state index contributed by atoms with van der Waals surface area (Å²) in [4.78, 5) is 22.8. The summed E-state index contributed by atoms with van der Waals surface area (Å²) in [5.41, 5.74) is -0.592. The van der Waals surface area contributed by atoms with Gasteiger partial charge in [0.25, 0.3) is 0 Å². The van der Waals surface area contributed by atoms with Crippen LogP contribution in [0.25, 0.3) is 0 Å². The number of carboxylic acid groups (broad SMARTS) is 1. The fraction of sp³-hybridized carbons (Fsp3) is 0.867. The Balaban J connectivity index is 2.46. The summed E-state index contributed by atoms with van der Waals surface area (Å²) in [6, 6.07) is 0.104. The third-order valence-corrected chi connectivity index (χ3v) is 4.15. The first kappa shape index (κ1) is 17.0. The number of carboxylic acids is 1. The second-order valence-corrected chi connectivity index (χ2v) is 7.03. The van der Waals surface area contributed by atoms with Crippen LogP contribution < -0.4 is 5.32 Å². The number of rotatable bonds is 7. The van der Waals surface area contributed by atoms with Crippen molar-refractivity contribution in [2.75, 3.05) is 6.61 Å². The molecule has 0 heterocycles. The van der Waals surface area contributed by atoms with Crippen LogP contribution in [0.4, 0.5) is 0 Å². The Bertz CT molecular complexity index is 376. The summed E-state index contributed by atoms with van der Waals surface area (Å²) >= 11 is 0. The summed E-state index contributed by atoms with van der Waals surface area (Å²) in [6.45, 7) is 10.4. The lowest BCUT2D eigenvalue weighted by molar-refractivity contribution is -0.141. The van der Waals surface area contributed by atoms with Crippen LogP contribution in [-0.2, 0) is 14.3 Å². The minimum atomic E-state index is -0.872. The molecule has 5 nitrogen and oxygen atoms in total. The molecule has 2 unspecified atom stereocenters. The maximum absolute atomic E-state index is 12.1. The molecule has 2 N–H and O–H groups in total. The van der Waals surface area contributed by atoms with Crippen LogP contribution in [0, 0.1) is 10.8 Å². The van der Waals surface area contributed by atoms with Gasteiger partial charge in [-0.3, -0.25) is 9.59 Å². The Labute approximate surface area is 121 Å². The summed E-state index contributed by atoms with van der Waals surface area (Å²) in [6.07, 6.45) is 1.23. The van der Waals surface area contributed by atoms with Crippen molar-refractivity contribution in [1.29, 1.82) is 0 Å². The molecule has 1 fully saturated rings. The van der Waals surface area contributed by atoms with Gasteiger partial charge in [0.2, 0.25) is 5.91 Å². The van der Waals surface area contributed by atoms with Crippen LogP contribution in [0.1, 0.15) is 53.9 Å². The number of ether oxygens (including phenoxy) is 1. The SMILES string of the molecule is CCOC1CC(NC(=O)CC(C)(C)CC(=O)O)C1(C)C. The van der Waals surface area contributed by atoms with E-state index in [-0.39, 0.29) is 36.3 Å². The summed E-state index contributed by atoms with van der Waals surface area (Å²) in [5.74, 6) is -0.951. The minimum absolute atomic E-state index is 0.00392. The summed E-state index contributed by atoms with van der Waals surface area (Å²) in [5, 5.41) is 11.8. The Morgan fingerprint density at radius 3 is 2.40 bits per heavy atom. The molecule has 0 aliphatic heterocycles. The zero-order valence-electron chi connectivity index (χ0n) is 13.2. The van der Waals surface area contributed by atoms with Gasteiger partial charge in [0.1, 0.15) is 0 Å². The number of hydrogen-bond donors (Lipinski definition) is 2. The first-order chi connectivity index (χ1) is 9.08. The van der Waals surface area contributed by atoms with Crippen molar-refractivity contribution in [1.82, 2.24) is 5.32 Å². The highest BCUT2D eigenvalue weighted by atomic mass is 16.5. The third kappa shape index (κ3) is 4.20. The van der Waals surface area contributed by atoms with Gasteiger partial charge in [-0.25, -0.2) is 0 Å². The zero-order chi connectivity index (χ0) is 15.6. The highest BCUT2D eigenvalue weighted by molar-refractivity contribution is 5.78. The number of amides is 1. The second kappa shape index (κ2) is 6.12. The van der Waals surface area contributed by atoms with Crippen molar-refractivity contribution in [2.24, 2.45) is 10.8 Å². The van der Waals surface area contributed by atoms with E-state index in [1.807, 2.05) is 6.92 Å². The van der Waals surface area contributed by atoms with E-state index in [1.165, 1.54) is 0 Å². The zero-order valence-corrected chi connectivity index (χ0v) is 13.2. The molecule has 0 aromatic carbocycles. The number of carbonyl (C=O) groups excluding carboxylic acids is 1. The molecule has 0 aromatic heterocycles. The predicted molar refractivity (Wildman–Crippen MR) is 76.4 cm³/mol. The van der Waals surface area contributed by atoms with Crippen molar-refractivity contribution < 1.29 is 19.4 Å². The largest absolute Gasteiger partial charge is 0.481 e. The van der Waals surface area contributed by atoms with Crippen LogP contribution in [-0.4, -0.2) is 35.7 Å². The Morgan fingerprint density at radius 2 is 1.95 bits per heavy atom. The Hall–Kier alpha value is -1.10. The molecule has 1 aliphatic rings. The third-order valence-electron chi connectivity index (χ3n) is 4.15. The predicted octanol–water partition coefficient (Wildman–Crippen LogP) is 2.20. The van der Waals surface area contributed by atoms with E-state index >= 15 is 0 Å². The van der Waals surface area contributed by atoms with Crippen LogP contribution in [0.3, 0.4) is 0 Å². The normalized spacial score (nSPS) is 24.9. The molecule has 0 spiro atoms. The fourth-order valence-corrected chi connectivity index (χ4v) is 2.77. The lowest BCUT2D eigenvalue weighted by atomic mass is 9.64. The molecular formula is C15H27NO4. The smallest absolute Gasteiger partial charge is 0.303 e. The van der Waals surface area contributed by atoms with Gasteiger partial charge in [-0.05, 0) is 18.8 Å². The molecule has 0 bridgehead atoms. The van der Waals surface area contributed by atoms with Gasteiger partial charge in [0, 0.05) is 24.5 Å². The van der Waals surface area contributed by atoms with Gasteiger partial charge in [-0.2, -0.15) is 0 Å². The van der Waals surface area contributed by atoms with Gasteiger partial charge in [0.05, 0.1) is 12.5 Å². The van der Waals surface area contributed by atoms with E-state index in [4.69, 9.17) is 9.84 Å². The molecular weight excluding hydrogens is 258 g/mol. The quantitative estimate of drug-likeness (QED) is 0.752. The number of aliphatic carboxylic acids is 1. The van der Waals surface area contributed by atoms with E-state index in [0.717, 1.165) is 6.42 Å². The number of hydrogen-bond acceptors (Lipinski definition) is 3. The number of nitrogens with one attached hydrogen (secondary N) is 1. The molecule has 1 rings (SSSR count). The maximum atomic E-state index is 12.1. The van der Waals surface area contributed by atoms with E-state index in [1.54, 1.807) is 13.8 Å². The van der Waals surface area contributed by atoms with Crippen molar-refractivity contribution in [3.63, 3.8) is 0 Å². The highest BCUT2D eigenvalue weighted by Crippen LogP contribution is 2.43. The standard InChI is InChI=1S/C15H27NO4/c1-6-20-11-7-10(15(11,4)5)16-12(17)8-14(2,3)9-13(18)19/h10-11H,6-9H2,1-5H3,(H,16,17)(H,18,19). The number of carbonyl (C=O) groups is 2. The lowest BCUT2D eigenvalue weighted by Gasteiger charge is -2.51. The van der Waals surface area contributed by atoms with Crippen molar-refractivity contribution in [3.05, 3.63) is 0 Å². The van der Waals surface area contributed by atoms with Crippen LogP contribution in [0.15, 0.2) is 0 Å². The fourth-order valence-electron chi connectivity index (χ4n) is 2.77. The van der Waals surface area contributed by atoms with E-state index in [0.29, 0.717) is 6.61 Å². The molecule has 1 saturated carbocycles. The van der Waals surface area contributed by atoms with Crippen LogP contribution >= 0.6 is 0 Å². The molecule has 5 heteroatoms. The molecule has 116 valence electrons. The Kier molecular flexibility index (Phi) is 5.19. The van der Waals surface area contributed by atoms with Crippen molar-refractivity contribution >= 4 is 11.9 Å². The van der Waals surface area contributed by atoms with Gasteiger partial charge < -0.3 is 15.2 Å². The second-order valence-electron chi connectivity index (χ2n) is 7.03. The van der Waals surface area contributed by atoms with Crippen molar-refractivity contribution in [3.8, 4) is 0 Å². The average Bonchev–Trinajstić information content (AvgIpc) is 2.25. The van der Waals surface area contributed by atoms with Crippen LogP contribution in [0.2, 0.25) is 0 Å². The first-order valence-electron chi connectivity index (χ1n) is 7.21. The average molecular weight is 285 g/mol. The van der Waals surface area contributed by atoms with E-state index in [9.17, 15) is 9.59 Å². The summed E-state index contributed by atoms with van der Waals surface area (Å²) < 4.78 is 5.63. The highest BCUT2D eigenvalue weighted by Gasteiger charge is 2.49. The Morgan fingerprint density at radius 1 is 1.35 bits per heavy atom. The van der Waals surface area contributed by atoms with Gasteiger partial charge in [0.15, 0.2) is 0 Å². The summed E-state index contributed by atoms with van der Waals surface area (Å²) in [7, 11) is 0. The molecule has 1 amide bonds. The first-order valence-corrected chi connectivity index (χ1v) is 7.21. The monoisotopic (exact) mass is 285 g/mol. The molecule has 20 heavy (non-hydrogen) atoms. The topological polar surface area (TPSA) is 75.6 Å². The molecule has 0 aromatic rings. The van der Waals surface area contributed by atoms with E-state index in [2.05, 4.69) is 19.2 Å². The van der Waals surface area contributed by atoms with Crippen LogP contribution in [0.5, 0.6) is 0 Å². The molecule has 0 radical (unpaired) electrons. The minimum Gasteiger partial charge on any atom is -0.481 e. The molecule has 0 saturated heterocycles. The molecule has 1 aliphatic carbocycles. The maximum Gasteiger partial charge on any atom is 0.303 e. The molecule has 2 atom stereocenters. The van der Waals surface area contributed by atoms with Crippen molar-refractivity contribution in [2.45, 2.75) is 66.0 Å². The van der Waals surface area contributed by atoms with Gasteiger partial charge in [-0.1, -0.05) is 27.7 Å². The lowest BCUT2D eigenvalue weighted by Crippen LogP contribution is -2.62. The van der Waals surface area contributed by atoms with Gasteiger partial charge >= 0.3 is 5.97 Å². The van der Waals surface area contributed by atoms with E-state index < -0.39 is 11.4 Å². The van der Waals surface area contributed by atoms with Gasteiger partial charge in [-0.15, -0.1) is 0 Å².